The fraction of sp³-hybridized carbons (Fsp3) is 0.667. The Morgan fingerprint density at radius 1 is 2.00 bits per heavy atom. The van der Waals surface area contributed by atoms with Crippen molar-refractivity contribution < 1.29 is 9.90 Å². The maximum atomic E-state index is 9.96. The fourth-order valence-corrected chi connectivity index (χ4v) is 0. The van der Waals surface area contributed by atoms with Gasteiger partial charge in [0.1, 0.15) is 11.5 Å². The van der Waals surface area contributed by atoms with Crippen molar-refractivity contribution in [2.75, 3.05) is 0 Å². The van der Waals surface area contributed by atoms with E-state index in [4.69, 9.17) is 5.11 Å². The first-order valence-corrected chi connectivity index (χ1v) is 2.83. The molecule has 0 aromatic rings. The van der Waals surface area contributed by atoms with E-state index in [1.54, 1.807) is 0 Å². The molecule has 1 N–H and O–H groups in total. The highest BCUT2D eigenvalue weighted by atomic mass is 28.1. The summed E-state index contributed by atoms with van der Waals surface area (Å²) in [6, 6.07) is 0. The van der Waals surface area contributed by atoms with E-state index in [1.807, 2.05) is 0 Å². The van der Waals surface area contributed by atoms with E-state index < -0.39 is 6.10 Å². The van der Waals surface area contributed by atoms with E-state index in [-0.39, 0.29) is 5.41 Å². The zero-order valence-electron chi connectivity index (χ0n) is 3.93. The molecule has 1 atom stereocenters. The van der Waals surface area contributed by atoms with E-state index in [0.29, 0.717) is 10.2 Å². The van der Waals surface area contributed by atoms with Crippen molar-refractivity contribution >= 4 is 15.6 Å². The molecule has 0 saturated heterocycles. The summed E-state index contributed by atoms with van der Waals surface area (Å²) in [5.41, 5.74) is 0. The minimum atomic E-state index is -0.725. The van der Waals surface area contributed by atoms with Gasteiger partial charge in [-0.2, -0.15) is 0 Å². The summed E-state index contributed by atoms with van der Waals surface area (Å²) in [5.74, 6) is 0. The highest BCUT2D eigenvalue weighted by molar-refractivity contribution is 6.58. The smallest absolute Gasteiger partial charge is 0.128 e. The summed E-state index contributed by atoms with van der Waals surface area (Å²) in [6.45, 7) is 1.48. The van der Waals surface area contributed by atoms with Crippen molar-refractivity contribution in [3.63, 3.8) is 0 Å². The highest BCUT2D eigenvalue weighted by Crippen LogP contribution is 1.72. The topological polar surface area (TPSA) is 37.3 Å². The average molecular weight is 104 g/mol. The van der Waals surface area contributed by atoms with E-state index in [9.17, 15) is 4.79 Å². The maximum absolute atomic E-state index is 9.96. The van der Waals surface area contributed by atoms with Crippen LogP contribution in [-0.2, 0) is 4.79 Å². The van der Waals surface area contributed by atoms with Gasteiger partial charge in [-0.1, -0.05) is 0 Å². The number of hydrogen-bond donors (Lipinski definition) is 1. The molecule has 2 nitrogen and oxygen atoms in total. The third-order valence-corrected chi connectivity index (χ3v) is 1.42. The van der Waals surface area contributed by atoms with Gasteiger partial charge in [0.15, 0.2) is 0 Å². The second-order valence-electron chi connectivity index (χ2n) is 1.29. The first-order valence-electron chi connectivity index (χ1n) is 1.83. The summed E-state index contributed by atoms with van der Waals surface area (Å²) < 4.78 is 0. The molecule has 0 radical (unpaired) electrons. The molecule has 0 spiro atoms. The van der Waals surface area contributed by atoms with Gasteiger partial charge in [-0.15, -0.1) is 0 Å². The third kappa shape index (κ3) is 2.11. The molecule has 0 aromatic heterocycles. The normalized spacial score (nSPS) is 14.3. The Kier molecular flexibility index (Phi) is 2.04. The van der Waals surface area contributed by atoms with Crippen molar-refractivity contribution in [1.29, 1.82) is 0 Å². The van der Waals surface area contributed by atoms with Gasteiger partial charge in [0.25, 0.3) is 0 Å². The third-order valence-electron chi connectivity index (χ3n) is 0.588. The second-order valence-corrected chi connectivity index (χ2v) is 2.27. The number of carbonyl (C=O) groups is 1. The molecule has 1 unspecified atom stereocenters. The lowest BCUT2D eigenvalue weighted by molar-refractivity contribution is -0.118. The Labute approximate surface area is 39.6 Å². The zero-order valence-corrected chi connectivity index (χ0v) is 5.93. The van der Waals surface area contributed by atoms with Crippen LogP contribution >= 0.6 is 0 Å². The summed E-state index contributed by atoms with van der Waals surface area (Å²) in [4.78, 5) is 9.96. The molecular weight excluding hydrogens is 96.1 g/mol. The number of aliphatic hydroxyl groups excluding tert-OH is 1. The van der Waals surface area contributed by atoms with Crippen LogP contribution in [0.25, 0.3) is 0 Å². The maximum Gasteiger partial charge on any atom is 0.128 e. The lowest BCUT2D eigenvalue weighted by atomic mass is 10.5. The van der Waals surface area contributed by atoms with Crippen LogP contribution in [-0.4, -0.2) is 26.9 Å². The molecule has 3 heteroatoms. The Bertz CT molecular complexity index is 59.8. The molecule has 0 aromatic carbocycles. The number of rotatable bonds is 1. The molecule has 36 valence electrons. The Balaban J connectivity index is 3.26. The van der Waals surface area contributed by atoms with Crippen LogP contribution in [0.15, 0.2) is 0 Å². The van der Waals surface area contributed by atoms with Crippen LogP contribution < -0.4 is 0 Å². The molecule has 6 heavy (non-hydrogen) atoms. The molecular formula is C3H8O2Si. The van der Waals surface area contributed by atoms with Gasteiger partial charge in [-0.05, 0) is 6.92 Å². The molecule has 0 aliphatic rings. The number of carbonyl (C=O) groups excluding carboxylic acids is 1. The Hall–Kier alpha value is -0.153. The van der Waals surface area contributed by atoms with E-state index in [2.05, 4.69) is 0 Å². The molecule has 0 bridgehead atoms. The molecule has 0 saturated carbocycles. The van der Waals surface area contributed by atoms with Gasteiger partial charge in [0, 0.05) is 0 Å². The van der Waals surface area contributed by atoms with Crippen molar-refractivity contribution in [1.82, 2.24) is 0 Å². The lowest BCUT2D eigenvalue weighted by Crippen LogP contribution is -2.14. The fourth-order valence-electron chi connectivity index (χ4n) is 0. The van der Waals surface area contributed by atoms with Crippen LogP contribution in [0.5, 0.6) is 0 Å². The minimum absolute atomic E-state index is 0.0463. The standard InChI is InChI=1S/C3H8O2Si/c1-2(4)3(5)6/h2,4H,1,6H3. The van der Waals surface area contributed by atoms with Crippen molar-refractivity contribution in [3.05, 3.63) is 0 Å². The second kappa shape index (κ2) is 2.10. The largest absolute Gasteiger partial charge is 0.386 e. The van der Waals surface area contributed by atoms with Crippen molar-refractivity contribution in [3.8, 4) is 0 Å². The van der Waals surface area contributed by atoms with Gasteiger partial charge in [0.2, 0.25) is 0 Å². The molecule has 0 aliphatic carbocycles. The summed E-state index contributed by atoms with van der Waals surface area (Å²) in [7, 11) is 0.465. The predicted octanol–water partition coefficient (Wildman–Crippen LogP) is -1.74. The molecule has 0 rings (SSSR count). The van der Waals surface area contributed by atoms with Gasteiger partial charge in [0.05, 0.1) is 10.2 Å². The monoisotopic (exact) mass is 104 g/mol. The van der Waals surface area contributed by atoms with Gasteiger partial charge in [-0.3, -0.25) is 0 Å². The summed E-state index contributed by atoms with van der Waals surface area (Å²) in [5, 5.41) is 8.27. The zero-order chi connectivity index (χ0) is 5.15. The van der Waals surface area contributed by atoms with Gasteiger partial charge < -0.3 is 9.90 Å². The van der Waals surface area contributed by atoms with E-state index in [0.717, 1.165) is 0 Å². The molecule has 0 heterocycles. The SMILES string of the molecule is CC(O)C(=O)[SiH3]. The van der Waals surface area contributed by atoms with E-state index >= 15 is 0 Å². The Morgan fingerprint density at radius 3 is 2.17 bits per heavy atom. The van der Waals surface area contributed by atoms with Crippen LogP contribution in [0, 0.1) is 0 Å². The Morgan fingerprint density at radius 2 is 2.17 bits per heavy atom. The quantitative estimate of drug-likeness (QED) is 0.401. The van der Waals surface area contributed by atoms with Crippen LogP contribution in [0.2, 0.25) is 0 Å². The number of hydrogen-bond acceptors (Lipinski definition) is 2. The summed E-state index contributed by atoms with van der Waals surface area (Å²) >= 11 is 0. The molecule has 0 aliphatic heterocycles. The van der Waals surface area contributed by atoms with Crippen molar-refractivity contribution in [2.24, 2.45) is 0 Å². The first kappa shape index (κ1) is 5.85. The van der Waals surface area contributed by atoms with Crippen molar-refractivity contribution in [2.45, 2.75) is 13.0 Å². The van der Waals surface area contributed by atoms with Gasteiger partial charge >= 0.3 is 0 Å². The molecule has 0 fully saturated rings. The first-order chi connectivity index (χ1) is 2.64. The molecule has 0 amide bonds. The predicted molar refractivity (Wildman–Crippen MR) is 26.6 cm³/mol. The van der Waals surface area contributed by atoms with Crippen LogP contribution in [0.4, 0.5) is 0 Å². The average Bonchev–Trinajstić information content (AvgIpc) is 1.36. The number of aliphatic hydroxyl groups is 1. The summed E-state index contributed by atoms with van der Waals surface area (Å²) in [6.07, 6.45) is -0.725. The highest BCUT2D eigenvalue weighted by Gasteiger charge is 1.96. The lowest BCUT2D eigenvalue weighted by Gasteiger charge is -1.91. The van der Waals surface area contributed by atoms with Gasteiger partial charge in [-0.25, -0.2) is 0 Å². The van der Waals surface area contributed by atoms with E-state index in [1.165, 1.54) is 6.92 Å². The minimum Gasteiger partial charge on any atom is -0.386 e. The van der Waals surface area contributed by atoms with Crippen LogP contribution in [0.1, 0.15) is 6.92 Å². The van der Waals surface area contributed by atoms with Crippen LogP contribution in [0.3, 0.4) is 0 Å².